The van der Waals surface area contributed by atoms with Gasteiger partial charge >= 0.3 is 6.18 Å². The molecule has 0 aliphatic carbocycles. The topological polar surface area (TPSA) is 56.7 Å². The van der Waals surface area contributed by atoms with Crippen LogP contribution in [0.4, 0.5) is 23.5 Å². The van der Waals surface area contributed by atoms with Crippen molar-refractivity contribution in [3.05, 3.63) is 53.6 Å². The van der Waals surface area contributed by atoms with E-state index >= 15 is 0 Å². The summed E-state index contributed by atoms with van der Waals surface area (Å²) >= 11 is 0. The molecule has 1 N–H and O–H groups in total. The highest BCUT2D eigenvalue weighted by Gasteiger charge is 2.33. The molecule has 1 saturated heterocycles. The van der Waals surface area contributed by atoms with E-state index in [-0.39, 0.29) is 36.1 Å². The predicted octanol–water partition coefficient (Wildman–Crippen LogP) is 3.54. The largest absolute Gasteiger partial charge is 0.416 e. The second-order valence-electron chi connectivity index (χ2n) is 6.49. The highest BCUT2D eigenvalue weighted by Crippen LogP contribution is 2.32. The Hall–Kier alpha value is -2.18. The van der Waals surface area contributed by atoms with Gasteiger partial charge in [0.15, 0.2) is 5.96 Å². The Labute approximate surface area is 189 Å². The standard InChI is InChI=1S/C19H22F4N6.HI/c1-2-24-17(27-13-14-4-5-15(20)12-16(14)19(21,22)23)28-8-10-29(11-9-28)18-25-6-3-7-26-18;/h3-7,12H,2,8-11,13H2,1H3,(H,24,27);1H. The average molecular weight is 538 g/mol. The van der Waals surface area contributed by atoms with E-state index in [9.17, 15) is 17.6 Å². The van der Waals surface area contributed by atoms with Gasteiger partial charge in [-0.05, 0) is 30.7 Å². The average Bonchev–Trinajstić information content (AvgIpc) is 2.72. The van der Waals surface area contributed by atoms with E-state index in [1.54, 1.807) is 18.5 Å². The zero-order valence-electron chi connectivity index (χ0n) is 16.4. The fourth-order valence-corrected chi connectivity index (χ4v) is 3.11. The summed E-state index contributed by atoms with van der Waals surface area (Å²) in [5, 5.41) is 3.12. The van der Waals surface area contributed by atoms with Crippen molar-refractivity contribution in [1.29, 1.82) is 0 Å². The monoisotopic (exact) mass is 538 g/mol. The Bertz CT molecular complexity index is 839. The highest BCUT2D eigenvalue weighted by molar-refractivity contribution is 14.0. The molecule has 2 aromatic rings. The van der Waals surface area contributed by atoms with Crippen LogP contribution >= 0.6 is 24.0 Å². The SMILES string of the molecule is CCNC(=NCc1ccc(F)cc1C(F)(F)F)N1CCN(c2ncccn2)CC1.I. The number of hydrogen-bond donors (Lipinski definition) is 1. The van der Waals surface area contributed by atoms with Gasteiger partial charge in [-0.25, -0.2) is 19.4 Å². The van der Waals surface area contributed by atoms with E-state index in [1.165, 1.54) is 0 Å². The first-order valence-electron chi connectivity index (χ1n) is 9.29. The molecule has 0 radical (unpaired) electrons. The quantitative estimate of drug-likeness (QED) is 0.280. The third-order valence-electron chi connectivity index (χ3n) is 4.53. The van der Waals surface area contributed by atoms with Crippen molar-refractivity contribution >= 4 is 35.9 Å². The minimum atomic E-state index is -4.63. The third kappa shape index (κ3) is 6.16. The van der Waals surface area contributed by atoms with Crippen molar-refractivity contribution in [1.82, 2.24) is 20.2 Å². The summed E-state index contributed by atoms with van der Waals surface area (Å²) in [4.78, 5) is 16.9. The molecule has 2 heterocycles. The first-order valence-corrected chi connectivity index (χ1v) is 9.29. The second-order valence-corrected chi connectivity index (χ2v) is 6.49. The molecular weight excluding hydrogens is 515 g/mol. The molecule has 1 aliphatic rings. The van der Waals surface area contributed by atoms with Crippen molar-refractivity contribution in [3.63, 3.8) is 0 Å². The number of piperazine rings is 1. The molecule has 1 aromatic carbocycles. The van der Waals surface area contributed by atoms with Gasteiger partial charge in [-0.1, -0.05) is 6.07 Å². The number of aliphatic imine (C=N–C) groups is 1. The number of rotatable bonds is 4. The van der Waals surface area contributed by atoms with Crippen LogP contribution in [-0.4, -0.2) is 53.6 Å². The molecule has 11 heteroatoms. The highest BCUT2D eigenvalue weighted by atomic mass is 127. The first-order chi connectivity index (χ1) is 13.9. The Morgan fingerprint density at radius 2 is 1.80 bits per heavy atom. The summed E-state index contributed by atoms with van der Waals surface area (Å²) in [5.41, 5.74) is -1.06. The van der Waals surface area contributed by atoms with Crippen LogP contribution in [0.2, 0.25) is 0 Å². The summed E-state index contributed by atoms with van der Waals surface area (Å²) in [7, 11) is 0. The molecule has 0 spiro atoms. The van der Waals surface area contributed by atoms with E-state index in [0.717, 1.165) is 12.1 Å². The predicted molar refractivity (Wildman–Crippen MR) is 117 cm³/mol. The molecule has 0 unspecified atom stereocenters. The molecule has 30 heavy (non-hydrogen) atoms. The van der Waals surface area contributed by atoms with Gasteiger partial charge in [0.05, 0.1) is 12.1 Å². The van der Waals surface area contributed by atoms with Gasteiger partial charge < -0.3 is 15.1 Å². The maximum Gasteiger partial charge on any atom is 0.416 e. The van der Waals surface area contributed by atoms with Crippen LogP contribution in [0.25, 0.3) is 0 Å². The number of halogens is 5. The fourth-order valence-electron chi connectivity index (χ4n) is 3.11. The Morgan fingerprint density at radius 1 is 1.13 bits per heavy atom. The van der Waals surface area contributed by atoms with Crippen molar-refractivity contribution in [2.24, 2.45) is 4.99 Å². The molecule has 3 rings (SSSR count). The summed E-state index contributed by atoms with van der Waals surface area (Å²) in [6.45, 7) is 4.86. The number of benzene rings is 1. The van der Waals surface area contributed by atoms with E-state index in [4.69, 9.17) is 0 Å². The zero-order valence-corrected chi connectivity index (χ0v) is 18.7. The van der Waals surface area contributed by atoms with Crippen molar-refractivity contribution < 1.29 is 17.6 Å². The smallest absolute Gasteiger partial charge is 0.357 e. The number of guanidine groups is 1. The summed E-state index contributed by atoms with van der Waals surface area (Å²) in [5.74, 6) is 0.255. The molecule has 1 aliphatic heterocycles. The Balaban J connectivity index is 0.00000320. The molecule has 1 fully saturated rings. The lowest BCUT2D eigenvalue weighted by Gasteiger charge is -2.36. The van der Waals surface area contributed by atoms with Gasteiger partial charge in [-0.2, -0.15) is 13.2 Å². The van der Waals surface area contributed by atoms with Crippen LogP contribution in [-0.2, 0) is 12.7 Å². The van der Waals surface area contributed by atoms with E-state index in [0.29, 0.717) is 50.7 Å². The number of alkyl halides is 3. The van der Waals surface area contributed by atoms with Crippen LogP contribution in [0.3, 0.4) is 0 Å². The Kier molecular flexibility index (Phi) is 8.62. The van der Waals surface area contributed by atoms with Crippen molar-refractivity contribution in [2.45, 2.75) is 19.6 Å². The summed E-state index contributed by atoms with van der Waals surface area (Å²) < 4.78 is 52.9. The number of hydrogen-bond acceptors (Lipinski definition) is 4. The number of aromatic nitrogens is 2. The lowest BCUT2D eigenvalue weighted by atomic mass is 10.1. The zero-order chi connectivity index (χ0) is 20.9. The normalized spacial score (nSPS) is 15.0. The van der Waals surface area contributed by atoms with Gasteiger partial charge in [0, 0.05) is 45.1 Å². The van der Waals surface area contributed by atoms with E-state index < -0.39 is 17.6 Å². The third-order valence-corrected chi connectivity index (χ3v) is 4.53. The van der Waals surface area contributed by atoms with Crippen LogP contribution < -0.4 is 10.2 Å². The van der Waals surface area contributed by atoms with Crippen LogP contribution in [0.15, 0.2) is 41.7 Å². The van der Waals surface area contributed by atoms with Gasteiger partial charge in [0.2, 0.25) is 5.95 Å². The molecular formula is C19H23F4IN6. The van der Waals surface area contributed by atoms with E-state index in [1.807, 2.05) is 16.7 Å². The van der Waals surface area contributed by atoms with Gasteiger partial charge in [0.25, 0.3) is 0 Å². The Morgan fingerprint density at radius 3 is 2.40 bits per heavy atom. The first kappa shape index (κ1) is 24.1. The maximum absolute atomic E-state index is 13.3. The molecule has 0 atom stereocenters. The lowest BCUT2D eigenvalue weighted by Crippen LogP contribution is -2.53. The molecule has 1 aromatic heterocycles. The van der Waals surface area contributed by atoms with Crippen molar-refractivity contribution in [2.75, 3.05) is 37.6 Å². The van der Waals surface area contributed by atoms with Crippen LogP contribution in [0.5, 0.6) is 0 Å². The number of nitrogens with zero attached hydrogens (tertiary/aromatic N) is 5. The van der Waals surface area contributed by atoms with Gasteiger partial charge in [0.1, 0.15) is 5.82 Å². The number of anilines is 1. The fraction of sp³-hybridized carbons (Fsp3) is 0.421. The van der Waals surface area contributed by atoms with Gasteiger partial charge in [-0.15, -0.1) is 24.0 Å². The molecule has 6 nitrogen and oxygen atoms in total. The van der Waals surface area contributed by atoms with Gasteiger partial charge in [-0.3, -0.25) is 0 Å². The second kappa shape index (κ2) is 10.7. The van der Waals surface area contributed by atoms with Crippen LogP contribution in [0.1, 0.15) is 18.1 Å². The van der Waals surface area contributed by atoms with Crippen molar-refractivity contribution in [3.8, 4) is 0 Å². The maximum atomic E-state index is 13.3. The van der Waals surface area contributed by atoms with E-state index in [2.05, 4.69) is 20.3 Å². The minimum Gasteiger partial charge on any atom is -0.357 e. The molecule has 164 valence electrons. The summed E-state index contributed by atoms with van der Waals surface area (Å²) in [6, 6.07) is 4.41. The molecule has 0 saturated carbocycles. The molecule has 0 amide bonds. The molecule has 0 bridgehead atoms. The summed E-state index contributed by atoms with van der Waals surface area (Å²) in [6.07, 6.45) is -1.27. The van der Waals surface area contributed by atoms with Crippen LogP contribution in [0, 0.1) is 5.82 Å². The number of nitrogens with one attached hydrogen (secondary N) is 1. The minimum absolute atomic E-state index is 0. The lowest BCUT2D eigenvalue weighted by molar-refractivity contribution is -0.138.